The molecule has 20 rings (SSSR count). The Morgan fingerprint density at radius 2 is 0.289 bits per heavy atom. The number of hydrogen-bond donors (Lipinski definition) is 0. The van der Waals surface area contributed by atoms with Gasteiger partial charge < -0.3 is 39.6 Å². The molecule has 1 radical (unpaired) electrons. The molecule has 149 heavy (non-hydrogen) atoms. The summed E-state index contributed by atoms with van der Waals surface area (Å²) >= 11 is 0. The Kier molecular flexibility index (Phi) is 31.0. The molecule has 733 valence electrons. The van der Waals surface area contributed by atoms with Crippen molar-refractivity contribution in [3.05, 3.63) is 457 Å². The minimum atomic E-state index is -1.62. The molecule has 20 nitrogen and oxygen atoms in total. The van der Waals surface area contributed by atoms with Crippen LogP contribution >= 0.6 is 0 Å². The Balaban J connectivity index is 0.000000141. The van der Waals surface area contributed by atoms with Gasteiger partial charge in [0.1, 0.15) is 93.1 Å². The second-order valence-corrected chi connectivity index (χ2v) is 31.7. The molecule has 0 saturated heterocycles. The van der Waals surface area contributed by atoms with Gasteiger partial charge in [-0.3, -0.25) is 59.8 Å². The zero-order valence-corrected chi connectivity index (χ0v) is 77.7. The minimum absolute atomic E-state index is 0. The number of carboxylic acid groups (broad SMARTS) is 4. The second kappa shape index (κ2) is 44.9. The molecule has 37 heteroatoms. The molecule has 0 amide bonds. The maximum Gasteiger partial charge on any atom is 4.00 e. The Morgan fingerprint density at radius 3 is 0.423 bits per heavy atom. The molecule has 0 bridgehead atoms. The standard InChI is InChI=1S/4C28H15F4N3O2.Ir/c4*29-15-5-7-19(22(31)13-15)25-18(3-1-10-33-25)17-9-12-35-27(28(36)37)24(17)21-4-2-11-34-26(21)20-8-6-16(30)14-23(20)32;/h4*1-14H,(H,36,37);/q;;;;+4/p-4. The number of carboxylic acids is 4. The van der Waals surface area contributed by atoms with E-state index in [1.807, 2.05) is 0 Å². The zero-order chi connectivity index (χ0) is 104. The number of halogens is 16. The second-order valence-electron chi connectivity index (χ2n) is 31.7. The summed E-state index contributed by atoms with van der Waals surface area (Å²) in [6.45, 7) is 0. The van der Waals surface area contributed by atoms with E-state index >= 15 is 0 Å². The maximum atomic E-state index is 14.8. The summed E-state index contributed by atoms with van der Waals surface area (Å²) in [5.41, 5.74) is 1.01. The van der Waals surface area contributed by atoms with Gasteiger partial charge in [0.05, 0.1) is 92.2 Å². The van der Waals surface area contributed by atoms with Crippen molar-refractivity contribution in [1.29, 1.82) is 0 Å². The van der Waals surface area contributed by atoms with E-state index in [1.165, 1.54) is 196 Å². The van der Waals surface area contributed by atoms with Gasteiger partial charge in [-0.15, -0.1) is 0 Å². The van der Waals surface area contributed by atoms with Crippen LogP contribution in [0.2, 0.25) is 0 Å². The molecule has 12 heterocycles. The van der Waals surface area contributed by atoms with Crippen LogP contribution < -0.4 is 20.4 Å². The van der Waals surface area contributed by atoms with Crippen molar-refractivity contribution < 1.29 is 130 Å². The molecule has 12 aromatic heterocycles. The third kappa shape index (κ3) is 21.8. The largest absolute Gasteiger partial charge is 4.00 e. The molecular weight excluding hydrogens is 2140 g/mol. The number of benzene rings is 8. The smallest absolute Gasteiger partial charge is 0.543 e. The molecule has 0 unspecified atom stereocenters. The summed E-state index contributed by atoms with van der Waals surface area (Å²) < 4.78 is 227. The van der Waals surface area contributed by atoms with Crippen LogP contribution in [0.3, 0.4) is 0 Å². The van der Waals surface area contributed by atoms with Crippen LogP contribution in [0.1, 0.15) is 42.0 Å². The van der Waals surface area contributed by atoms with Crippen LogP contribution in [-0.4, -0.2) is 83.7 Å². The zero-order valence-electron chi connectivity index (χ0n) is 75.3. The van der Waals surface area contributed by atoms with E-state index < -0.39 is 140 Å². The number of aromatic carboxylic acids is 4. The molecule has 0 fully saturated rings. The third-order valence-electron chi connectivity index (χ3n) is 22.8. The first-order chi connectivity index (χ1) is 71.4. The van der Waals surface area contributed by atoms with Crippen molar-refractivity contribution >= 4 is 23.9 Å². The van der Waals surface area contributed by atoms with Gasteiger partial charge in [-0.2, -0.15) is 0 Å². The van der Waals surface area contributed by atoms with Crippen LogP contribution in [0.25, 0.3) is 179 Å². The normalized spacial score (nSPS) is 10.8. The summed E-state index contributed by atoms with van der Waals surface area (Å²) in [7, 11) is 0. The quantitative estimate of drug-likeness (QED) is 0.0640. The van der Waals surface area contributed by atoms with Crippen LogP contribution in [0.5, 0.6) is 0 Å². The average molecular weight is 2190 g/mol. The predicted octanol–water partition coefficient (Wildman–Crippen LogP) is 21.8. The minimum Gasteiger partial charge on any atom is -0.543 e. The molecule has 8 aromatic carbocycles. The van der Waals surface area contributed by atoms with Crippen molar-refractivity contribution in [2.75, 3.05) is 0 Å². The van der Waals surface area contributed by atoms with Crippen molar-refractivity contribution in [3.8, 4) is 179 Å². The van der Waals surface area contributed by atoms with Crippen molar-refractivity contribution in [2.45, 2.75) is 0 Å². The third-order valence-corrected chi connectivity index (χ3v) is 22.8. The summed E-state index contributed by atoms with van der Waals surface area (Å²) in [5.74, 6) is -19.9. The fourth-order valence-corrected chi connectivity index (χ4v) is 16.5. The van der Waals surface area contributed by atoms with Gasteiger partial charge in [0, 0.05) is 234 Å². The molecule has 0 atom stereocenters. The van der Waals surface area contributed by atoms with Crippen LogP contribution in [0.15, 0.2) is 341 Å². The number of rotatable bonds is 20. The molecule has 0 aliphatic carbocycles. The molecule has 0 aliphatic heterocycles. The van der Waals surface area contributed by atoms with Gasteiger partial charge in [0.15, 0.2) is 0 Å². The number of hydrogen-bond acceptors (Lipinski definition) is 20. The van der Waals surface area contributed by atoms with Crippen LogP contribution in [0, 0.1) is 93.1 Å². The number of nitrogens with zero attached hydrogens (tertiary/aromatic N) is 12. The van der Waals surface area contributed by atoms with Crippen molar-refractivity contribution in [1.82, 2.24) is 59.8 Å². The number of aromatic nitrogens is 12. The van der Waals surface area contributed by atoms with Crippen LogP contribution in [0.4, 0.5) is 70.2 Å². The topological polar surface area (TPSA) is 315 Å². The summed E-state index contributed by atoms with van der Waals surface area (Å²) in [6.07, 6.45) is 16.1. The van der Waals surface area contributed by atoms with Gasteiger partial charge in [-0.1, -0.05) is 48.5 Å². The summed E-state index contributed by atoms with van der Waals surface area (Å²) in [5, 5.41) is 48.6. The van der Waals surface area contributed by atoms with Crippen molar-refractivity contribution in [3.63, 3.8) is 0 Å². The maximum absolute atomic E-state index is 14.8. The Morgan fingerprint density at radius 1 is 0.154 bits per heavy atom. The van der Waals surface area contributed by atoms with Gasteiger partial charge in [0.2, 0.25) is 0 Å². The number of carbonyl (C=O) groups excluding carboxylic acids is 4. The average Bonchev–Trinajstić information content (AvgIpc) is 0.764. The van der Waals surface area contributed by atoms with Gasteiger partial charge in [-0.05, 0) is 192 Å². The molecule has 20 aromatic rings. The van der Waals surface area contributed by atoms with E-state index in [0.29, 0.717) is 70.8 Å². The SMILES string of the molecule is O=C([O-])c1nccc(-c2cccnc2-c2ccc(F)cc2F)c1-c1cccnc1-c1ccc(F)cc1F.O=C([O-])c1nccc(-c2cccnc2-c2ccc(F)cc2F)c1-c1cccnc1-c1ccc(F)cc1F.O=C([O-])c1nccc(-c2cccnc2-c2ccc(F)cc2F)c1-c1cccnc1-c1ccc(F)cc1F.O=C([O-])c1nccc(-c2cccnc2-c2ccc(F)cc2F)c1-c1cccnc1-c1ccc(F)cc1F.[Ir+4]. The van der Waals surface area contributed by atoms with Gasteiger partial charge in [-0.25, -0.2) is 70.2 Å². The summed E-state index contributed by atoms with van der Waals surface area (Å²) in [4.78, 5) is 98.4. The Bertz CT molecular complexity index is 7690. The van der Waals surface area contributed by atoms with Gasteiger partial charge >= 0.3 is 20.1 Å². The van der Waals surface area contributed by atoms with E-state index in [1.54, 1.807) is 48.5 Å². The van der Waals surface area contributed by atoms with Crippen molar-refractivity contribution in [2.24, 2.45) is 0 Å². The van der Waals surface area contributed by atoms with E-state index in [0.717, 1.165) is 48.5 Å². The fraction of sp³-hybridized carbons (Fsp3) is 0. The molecule has 0 saturated carbocycles. The molecule has 0 aliphatic rings. The van der Waals surface area contributed by atoms with E-state index in [9.17, 15) is 110 Å². The fourth-order valence-electron chi connectivity index (χ4n) is 16.5. The Labute approximate surface area is 845 Å². The first kappa shape index (κ1) is 103. The van der Waals surface area contributed by atoms with Gasteiger partial charge in [0.25, 0.3) is 0 Å². The predicted molar refractivity (Wildman–Crippen MR) is 503 cm³/mol. The molecule has 0 spiro atoms. The first-order valence-corrected chi connectivity index (χ1v) is 43.5. The summed E-state index contributed by atoms with van der Waals surface area (Å²) in [6, 6.07) is 54.4. The van der Waals surface area contributed by atoms with Crippen LogP contribution in [-0.2, 0) is 20.1 Å². The molecular formula is C112H56F16IrN12O8. The van der Waals surface area contributed by atoms with E-state index in [4.69, 9.17) is 0 Å². The molecule has 0 N–H and O–H groups in total. The van der Waals surface area contributed by atoms with E-state index in [-0.39, 0.29) is 177 Å². The Hall–Kier alpha value is -19.0. The monoisotopic (exact) mass is 2190 g/mol. The number of carbonyl (C=O) groups is 4. The first-order valence-electron chi connectivity index (χ1n) is 43.5. The van der Waals surface area contributed by atoms with E-state index in [2.05, 4.69) is 59.8 Å². The number of pyridine rings is 12.